The molecule has 0 amide bonds. The predicted molar refractivity (Wildman–Crippen MR) is 64.7 cm³/mol. The molecule has 0 aliphatic heterocycles. The summed E-state index contributed by atoms with van der Waals surface area (Å²) in [5, 5.41) is 0. The Morgan fingerprint density at radius 3 is 2.06 bits per heavy atom. The van der Waals surface area contributed by atoms with E-state index in [1.54, 1.807) is 6.07 Å². The first-order valence-corrected chi connectivity index (χ1v) is 6.37. The third kappa shape index (κ3) is 2.35. The maximum Gasteiger partial charge on any atom is 0.188 e. The van der Waals surface area contributed by atoms with Gasteiger partial charge in [-0.05, 0) is 11.6 Å². The summed E-state index contributed by atoms with van der Waals surface area (Å²) in [5.74, 6) is 0. The van der Waals surface area contributed by atoms with Crippen LogP contribution < -0.4 is 0 Å². The zero-order valence-corrected chi connectivity index (χ0v) is 9.88. The molecule has 1 rings (SSSR count). The van der Waals surface area contributed by atoms with Gasteiger partial charge in [0, 0.05) is 5.56 Å². The Morgan fingerprint density at radius 1 is 1.06 bits per heavy atom. The van der Waals surface area contributed by atoms with Crippen LogP contribution in [0.5, 0.6) is 0 Å². The molecule has 0 spiro atoms. The van der Waals surface area contributed by atoms with Crippen LogP contribution in [0.3, 0.4) is 0 Å². The van der Waals surface area contributed by atoms with Gasteiger partial charge in [0.15, 0.2) is 22.2 Å². The van der Waals surface area contributed by atoms with Gasteiger partial charge in [-0.15, -0.1) is 0 Å². The topological polar surface area (TPSA) is 74.6 Å². The summed E-state index contributed by atoms with van der Waals surface area (Å²) in [6.45, 7) is 7.06. The van der Waals surface area contributed by atoms with E-state index in [0.717, 1.165) is 0 Å². The van der Waals surface area contributed by atoms with Crippen LogP contribution in [0.25, 0.3) is 12.2 Å². The molecule has 0 fully saturated rings. The van der Waals surface area contributed by atoms with Crippen molar-refractivity contribution in [1.29, 1.82) is 0 Å². The van der Waals surface area contributed by atoms with E-state index >= 15 is 0 Å². The van der Waals surface area contributed by atoms with Crippen LogP contribution in [-0.4, -0.2) is 17.5 Å². The number of rotatable bonds is 4. The fourth-order valence-corrected chi connectivity index (χ4v) is 2.81. The highest BCUT2D eigenvalue weighted by Crippen LogP contribution is 2.26. The number of hydrogen-bond donors (Lipinski definition) is 2. The second-order valence-electron chi connectivity index (χ2n) is 2.80. The van der Waals surface area contributed by atoms with Gasteiger partial charge >= 0.3 is 0 Å². The van der Waals surface area contributed by atoms with Crippen molar-refractivity contribution in [2.75, 3.05) is 0 Å². The standard InChI is InChI=1S/C10H10O4S2/c1-3-7-5-6-9(15(11)12)10(16(13)14)8(7)4-2/h3-6H,1-2H2,(H,11,12)(H,13,14). The molecule has 0 aliphatic rings. The molecule has 0 saturated carbocycles. The first-order chi connectivity index (χ1) is 7.52. The van der Waals surface area contributed by atoms with Gasteiger partial charge in [-0.25, -0.2) is 8.42 Å². The van der Waals surface area contributed by atoms with Gasteiger partial charge in [-0.2, -0.15) is 0 Å². The van der Waals surface area contributed by atoms with E-state index < -0.39 is 22.2 Å². The lowest BCUT2D eigenvalue weighted by Crippen LogP contribution is -2.03. The highest BCUT2D eigenvalue weighted by atomic mass is 32.2. The fourth-order valence-electron chi connectivity index (χ4n) is 1.30. The van der Waals surface area contributed by atoms with E-state index in [-0.39, 0.29) is 9.79 Å². The van der Waals surface area contributed by atoms with Gasteiger partial charge in [0.25, 0.3) is 0 Å². The molecular formula is C10H10O4S2. The summed E-state index contributed by atoms with van der Waals surface area (Å²) < 4.78 is 40.3. The lowest BCUT2D eigenvalue weighted by atomic mass is 10.1. The Kier molecular flexibility index (Phi) is 4.31. The summed E-state index contributed by atoms with van der Waals surface area (Å²) in [6.07, 6.45) is 2.84. The minimum absolute atomic E-state index is 0.0960. The second kappa shape index (κ2) is 5.31. The van der Waals surface area contributed by atoms with E-state index in [9.17, 15) is 8.42 Å². The molecule has 1 aromatic rings. The molecule has 0 radical (unpaired) electrons. The maximum atomic E-state index is 11.2. The van der Waals surface area contributed by atoms with Crippen LogP contribution in [0, 0.1) is 0 Å². The molecule has 6 heteroatoms. The van der Waals surface area contributed by atoms with E-state index in [2.05, 4.69) is 13.2 Å². The van der Waals surface area contributed by atoms with Crippen molar-refractivity contribution >= 4 is 34.3 Å². The average Bonchev–Trinajstić information content (AvgIpc) is 2.26. The van der Waals surface area contributed by atoms with Gasteiger partial charge in [0.2, 0.25) is 0 Å². The van der Waals surface area contributed by atoms with E-state index in [1.807, 2.05) is 0 Å². The Hall–Kier alpha value is -1.08. The molecule has 86 valence electrons. The number of hydrogen-bond acceptors (Lipinski definition) is 2. The van der Waals surface area contributed by atoms with Gasteiger partial charge < -0.3 is 9.11 Å². The molecular weight excluding hydrogens is 248 g/mol. The molecule has 0 aromatic heterocycles. The first-order valence-electron chi connectivity index (χ1n) is 4.16. The molecule has 16 heavy (non-hydrogen) atoms. The Bertz CT molecular complexity index is 494. The summed E-state index contributed by atoms with van der Waals surface area (Å²) in [4.78, 5) is -0.199. The zero-order valence-electron chi connectivity index (χ0n) is 8.25. The normalized spacial score (nSPS) is 14.1. The molecule has 1 aromatic carbocycles. The molecule has 0 aliphatic carbocycles. The van der Waals surface area contributed by atoms with Crippen LogP contribution in [0.1, 0.15) is 11.1 Å². The van der Waals surface area contributed by atoms with Crippen LogP contribution in [0.15, 0.2) is 35.1 Å². The minimum Gasteiger partial charge on any atom is -0.302 e. The van der Waals surface area contributed by atoms with Crippen molar-refractivity contribution in [2.24, 2.45) is 0 Å². The second-order valence-corrected chi connectivity index (χ2v) is 4.65. The summed E-state index contributed by atoms with van der Waals surface area (Å²) in [7, 11) is 0. The lowest BCUT2D eigenvalue weighted by molar-refractivity contribution is 0.549. The van der Waals surface area contributed by atoms with E-state index in [4.69, 9.17) is 9.11 Å². The zero-order chi connectivity index (χ0) is 12.3. The van der Waals surface area contributed by atoms with Gasteiger partial charge in [-0.3, -0.25) is 0 Å². The van der Waals surface area contributed by atoms with Crippen molar-refractivity contribution in [3.05, 3.63) is 36.4 Å². The molecule has 2 N–H and O–H groups in total. The van der Waals surface area contributed by atoms with Crippen molar-refractivity contribution in [2.45, 2.75) is 9.79 Å². The summed E-state index contributed by atoms with van der Waals surface area (Å²) >= 11 is -4.67. The Balaban J connectivity index is 3.69. The summed E-state index contributed by atoms with van der Waals surface area (Å²) in [5.41, 5.74) is 0.928. The Morgan fingerprint density at radius 2 is 1.69 bits per heavy atom. The number of benzene rings is 1. The fraction of sp³-hybridized carbons (Fsp3) is 0. The van der Waals surface area contributed by atoms with Gasteiger partial charge in [-0.1, -0.05) is 31.4 Å². The highest BCUT2D eigenvalue weighted by Gasteiger charge is 2.18. The van der Waals surface area contributed by atoms with Crippen LogP contribution in [0.4, 0.5) is 0 Å². The average molecular weight is 258 g/mol. The highest BCUT2D eigenvalue weighted by molar-refractivity contribution is 7.82. The van der Waals surface area contributed by atoms with Crippen LogP contribution in [0.2, 0.25) is 0 Å². The molecule has 0 heterocycles. The van der Waals surface area contributed by atoms with Crippen molar-refractivity contribution < 1.29 is 17.5 Å². The molecule has 2 unspecified atom stereocenters. The SMILES string of the molecule is C=Cc1ccc(S(=O)O)c(S(=O)O)c1C=C. The molecule has 0 bridgehead atoms. The predicted octanol–water partition coefficient (Wildman–Crippen LogP) is 2.13. The monoisotopic (exact) mass is 258 g/mol. The lowest BCUT2D eigenvalue weighted by Gasteiger charge is -2.09. The third-order valence-electron chi connectivity index (χ3n) is 1.98. The van der Waals surface area contributed by atoms with Gasteiger partial charge in [0.1, 0.15) is 0 Å². The summed E-state index contributed by atoms with van der Waals surface area (Å²) in [6, 6.07) is 2.87. The first kappa shape index (κ1) is 13.0. The van der Waals surface area contributed by atoms with Crippen molar-refractivity contribution in [3.63, 3.8) is 0 Å². The van der Waals surface area contributed by atoms with E-state index in [1.165, 1.54) is 18.2 Å². The van der Waals surface area contributed by atoms with Crippen molar-refractivity contribution in [1.82, 2.24) is 0 Å². The molecule has 2 atom stereocenters. The van der Waals surface area contributed by atoms with E-state index in [0.29, 0.717) is 11.1 Å². The minimum atomic E-state index is -2.36. The molecule has 4 nitrogen and oxygen atoms in total. The van der Waals surface area contributed by atoms with Crippen LogP contribution >= 0.6 is 0 Å². The smallest absolute Gasteiger partial charge is 0.188 e. The third-order valence-corrected chi connectivity index (χ3v) is 3.62. The van der Waals surface area contributed by atoms with Crippen LogP contribution in [-0.2, 0) is 22.2 Å². The molecule has 0 saturated heterocycles. The van der Waals surface area contributed by atoms with Crippen molar-refractivity contribution in [3.8, 4) is 0 Å². The Labute approximate surface area is 98.3 Å². The van der Waals surface area contributed by atoms with Gasteiger partial charge in [0.05, 0.1) is 9.79 Å². The largest absolute Gasteiger partial charge is 0.302 e. The quantitative estimate of drug-likeness (QED) is 0.811. The maximum absolute atomic E-state index is 11.2.